The average molecular weight is 386 g/mol. The number of carbonyl (C=O) groups excluding carboxylic acids is 2. The Kier molecular flexibility index (Phi) is 6.22. The molecule has 2 amide bonds. The number of hydrogen-bond acceptors (Lipinski definition) is 5. The maximum Gasteiger partial charge on any atom is 0.237 e. The quantitative estimate of drug-likeness (QED) is 0.761. The van der Waals surface area contributed by atoms with Crippen molar-refractivity contribution < 1.29 is 9.59 Å². The maximum atomic E-state index is 12.5. The minimum Gasteiger partial charge on any atom is -0.353 e. The summed E-state index contributed by atoms with van der Waals surface area (Å²) in [5.74, 6) is 0.401. The van der Waals surface area contributed by atoms with Gasteiger partial charge in [-0.15, -0.1) is 0 Å². The summed E-state index contributed by atoms with van der Waals surface area (Å²) in [5, 5.41) is 6.61. The number of rotatable bonds is 6. The van der Waals surface area contributed by atoms with Gasteiger partial charge in [0.2, 0.25) is 11.8 Å². The molecule has 0 aromatic carbocycles. The Balaban J connectivity index is 1.29. The van der Waals surface area contributed by atoms with Crippen LogP contribution in [0.25, 0.3) is 0 Å². The topological polar surface area (TPSA) is 77.6 Å². The SMILES string of the molecule is O=C1NC[C@@H](CCC(=O)N2CCCCC2)N2C[C@H](NCc3ccccn3)C[C@H]12. The molecule has 3 aliphatic heterocycles. The first-order chi connectivity index (χ1) is 13.7. The van der Waals surface area contributed by atoms with Gasteiger partial charge in [-0.25, -0.2) is 0 Å². The predicted octanol–water partition coefficient (Wildman–Crippen LogP) is 0.905. The van der Waals surface area contributed by atoms with Crippen molar-refractivity contribution in [3.63, 3.8) is 0 Å². The Morgan fingerprint density at radius 2 is 2.11 bits per heavy atom. The number of aromatic nitrogens is 1. The second kappa shape index (κ2) is 9.01. The lowest BCUT2D eigenvalue weighted by Gasteiger charge is -2.37. The van der Waals surface area contributed by atoms with E-state index >= 15 is 0 Å². The van der Waals surface area contributed by atoms with Gasteiger partial charge in [0.25, 0.3) is 0 Å². The summed E-state index contributed by atoms with van der Waals surface area (Å²) in [6.45, 7) is 4.03. The van der Waals surface area contributed by atoms with Crippen molar-refractivity contribution in [2.24, 2.45) is 0 Å². The lowest BCUT2D eigenvalue weighted by atomic mass is 10.0. The Morgan fingerprint density at radius 3 is 2.89 bits per heavy atom. The van der Waals surface area contributed by atoms with Crippen LogP contribution in [0.15, 0.2) is 24.4 Å². The molecule has 152 valence electrons. The molecule has 0 bridgehead atoms. The van der Waals surface area contributed by atoms with E-state index in [2.05, 4.69) is 20.5 Å². The molecular formula is C21H31N5O2. The average Bonchev–Trinajstić information content (AvgIpc) is 3.18. The number of nitrogens with one attached hydrogen (secondary N) is 2. The molecule has 4 rings (SSSR count). The monoisotopic (exact) mass is 385 g/mol. The molecule has 0 spiro atoms. The highest BCUT2D eigenvalue weighted by atomic mass is 16.2. The smallest absolute Gasteiger partial charge is 0.237 e. The van der Waals surface area contributed by atoms with E-state index in [0.29, 0.717) is 19.5 Å². The molecule has 7 heteroatoms. The molecule has 3 saturated heterocycles. The molecule has 0 saturated carbocycles. The Labute approximate surface area is 166 Å². The number of hydrogen-bond donors (Lipinski definition) is 2. The lowest BCUT2D eigenvalue weighted by molar-refractivity contribution is -0.133. The van der Waals surface area contributed by atoms with Crippen LogP contribution in [0, 0.1) is 0 Å². The van der Waals surface area contributed by atoms with Gasteiger partial charge >= 0.3 is 0 Å². The van der Waals surface area contributed by atoms with Crippen LogP contribution in [0.4, 0.5) is 0 Å². The normalized spacial score (nSPS) is 28.1. The number of carbonyl (C=O) groups is 2. The van der Waals surface area contributed by atoms with Crippen molar-refractivity contribution in [1.29, 1.82) is 0 Å². The molecule has 1 aromatic rings. The van der Waals surface area contributed by atoms with Crippen LogP contribution in [0.3, 0.4) is 0 Å². The summed E-state index contributed by atoms with van der Waals surface area (Å²) >= 11 is 0. The van der Waals surface area contributed by atoms with Crippen LogP contribution >= 0.6 is 0 Å². The van der Waals surface area contributed by atoms with Crippen LogP contribution < -0.4 is 10.6 Å². The summed E-state index contributed by atoms with van der Waals surface area (Å²) in [6, 6.07) is 6.36. The summed E-state index contributed by atoms with van der Waals surface area (Å²) in [7, 11) is 0. The number of likely N-dealkylation sites (tertiary alicyclic amines) is 1. The minimum atomic E-state index is -0.0786. The van der Waals surface area contributed by atoms with E-state index in [1.54, 1.807) is 6.20 Å². The molecule has 0 unspecified atom stereocenters. The highest BCUT2D eigenvalue weighted by Crippen LogP contribution is 2.26. The fraction of sp³-hybridized carbons (Fsp3) is 0.667. The van der Waals surface area contributed by atoms with E-state index in [9.17, 15) is 9.59 Å². The largest absolute Gasteiger partial charge is 0.353 e. The molecule has 4 heterocycles. The zero-order valence-corrected chi connectivity index (χ0v) is 16.5. The van der Waals surface area contributed by atoms with Gasteiger partial charge in [0.1, 0.15) is 0 Å². The third-order valence-electron chi connectivity index (χ3n) is 6.32. The van der Waals surface area contributed by atoms with Gasteiger partial charge in [-0.05, 0) is 44.2 Å². The Hall–Kier alpha value is -1.99. The summed E-state index contributed by atoms with van der Waals surface area (Å²) in [6.07, 6.45) is 7.51. The van der Waals surface area contributed by atoms with E-state index in [-0.39, 0.29) is 29.9 Å². The third-order valence-corrected chi connectivity index (χ3v) is 6.32. The first kappa shape index (κ1) is 19.3. The van der Waals surface area contributed by atoms with Crippen molar-refractivity contribution in [3.05, 3.63) is 30.1 Å². The summed E-state index contributed by atoms with van der Waals surface area (Å²) in [4.78, 5) is 33.6. The molecule has 3 atom stereocenters. The first-order valence-electron chi connectivity index (χ1n) is 10.7. The van der Waals surface area contributed by atoms with Crippen LogP contribution in [0.5, 0.6) is 0 Å². The van der Waals surface area contributed by atoms with Gasteiger partial charge in [-0.3, -0.25) is 19.5 Å². The molecule has 7 nitrogen and oxygen atoms in total. The highest BCUT2D eigenvalue weighted by Gasteiger charge is 2.43. The number of fused-ring (bicyclic) bond motifs is 1. The van der Waals surface area contributed by atoms with E-state index in [1.165, 1.54) is 6.42 Å². The molecule has 1 aromatic heterocycles. The molecule has 3 aliphatic rings. The lowest BCUT2D eigenvalue weighted by Crippen LogP contribution is -2.58. The fourth-order valence-corrected chi connectivity index (χ4v) is 4.73. The highest BCUT2D eigenvalue weighted by molar-refractivity contribution is 5.83. The van der Waals surface area contributed by atoms with E-state index in [0.717, 1.165) is 51.0 Å². The van der Waals surface area contributed by atoms with Gasteiger partial charge in [-0.1, -0.05) is 6.07 Å². The minimum absolute atomic E-state index is 0.0786. The standard InChI is InChI=1S/C21H31N5O2/c27-20(25-10-4-1-5-11-25)8-7-18-14-24-21(28)19-12-17(15-26(18)19)23-13-16-6-2-3-9-22-16/h2-3,6,9,17-19,23H,1,4-5,7-8,10-15H2,(H,24,28)/t17-,18-,19-/m1/s1. The van der Waals surface area contributed by atoms with Gasteiger partial charge < -0.3 is 15.5 Å². The number of pyridine rings is 1. The van der Waals surface area contributed by atoms with Crippen molar-refractivity contribution >= 4 is 11.8 Å². The van der Waals surface area contributed by atoms with Crippen molar-refractivity contribution in [1.82, 2.24) is 25.4 Å². The Morgan fingerprint density at radius 1 is 1.25 bits per heavy atom. The summed E-state index contributed by atoms with van der Waals surface area (Å²) < 4.78 is 0. The van der Waals surface area contributed by atoms with E-state index in [1.807, 2.05) is 23.1 Å². The van der Waals surface area contributed by atoms with Crippen LogP contribution in [-0.2, 0) is 16.1 Å². The molecule has 3 fully saturated rings. The number of piperazine rings is 1. The second-order valence-electron chi connectivity index (χ2n) is 8.23. The molecule has 28 heavy (non-hydrogen) atoms. The maximum absolute atomic E-state index is 12.5. The number of nitrogens with zero attached hydrogens (tertiary/aromatic N) is 3. The molecule has 0 radical (unpaired) electrons. The van der Waals surface area contributed by atoms with Crippen LogP contribution in [0.2, 0.25) is 0 Å². The summed E-state index contributed by atoms with van der Waals surface area (Å²) in [5.41, 5.74) is 1.01. The number of piperidine rings is 1. The Bertz CT molecular complexity index is 677. The predicted molar refractivity (Wildman–Crippen MR) is 106 cm³/mol. The zero-order valence-electron chi connectivity index (χ0n) is 16.5. The fourth-order valence-electron chi connectivity index (χ4n) is 4.73. The number of amides is 2. The van der Waals surface area contributed by atoms with E-state index in [4.69, 9.17) is 0 Å². The van der Waals surface area contributed by atoms with Crippen molar-refractivity contribution in [2.45, 2.75) is 63.2 Å². The van der Waals surface area contributed by atoms with Gasteiger partial charge in [0.15, 0.2) is 0 Å². The van der Waals surface area contributed by atoms with Gasteiger partial charge in [0, 0.05) is 57.4 Å². The van der Waals surface area contributed by atoms with Gasteiger partial charge in [-0.2, -0.15) is 0 Å². The molecular weight excluding hydrogens is 354 g/mol. The second-order valence-corrected chi connectivity index (χ2v) is 8.23. The van der Waals surface area contributed by atoms with E-state index < -0.39 is 0 Å². The van der Waals surface area contributed by atoms with Crippen molar-refractivity contribution in [2.75, 3.05) is 26.2 Å². The molecule has 2 N–H and O–H groups in total. The van der Waals surface area contributed by atoms with Crippen LogP contribution in [-0.4, -0.2) is 70.9 Å². The van der Waals surface area contributed by atoms with Crippen LogP contribution in [0.1, 0.15) is 44.2 Å². The first-order valence-corrected chi connectivity index (χ1v) is 10.7. The van der Waals surface area contributed by atoms with Crippen molar-refractivity contribution in [3.8, 4) is 0 Å². The third kappa shape index (κ3) is 4.52. The van der Waals surface area contributed by atoms with Gasteiger partial charge in [0.05, 0.1) is 11.7 Å². The zero-order chi connectivity index (χ0) is 19.3. The molecule has 0 aliphatic carbocycles.